The van der Waals surface area contributed by atoms with Crippen LogP contribution in [0.5, 0.6) is 0 Å². The van der Waals surface area contributed by atoms with Crippen LogP contribution in [0.4, 0.5) is 0 Å². The van der Waals surface area contributed by atoms with E-state index in [4.69, 9.17) is 17.3 Å². The normalized spacial score (nSPS) is 14.9. The predicted molar refractivity (Wildman–Crippen MR) is 64.2 cm³/mol. The highest BCUT2D eigenvalue weighted by Gasteiger charge is 2.15. The van der Waals surface area contributed by atoms with Crippen LogP contribution in [0.25, 0.3) is 0 Å². The predicted octanol–water partition coefficient (Wildman–Crippen LogP) is 2.54. The fourth-order valence-corrected chi connectivity index (χ4v) is 2.03. The van der Waals surface area contributed by atoms with Crippen molar-refractivity contribution in [2.45, 2.75) is 31.8 Å². The van der Waals surface area contributed by atoms with Gasteiger partial charge in [0.05, 0.1) is 6.10 Å². The Hall–Kier alpha value is -0.570. The fraction of sp³-hybridized carbons (Fsp3) is 0.500. The average Bonchev–Trinajstić information content (AvgIpc) is 2.26. The van der Waals surface area contributed by atoms with Crippen LogP contribution in [-0.2, 0) is 0 Å². The highest BCUT2D eigenvalue weighted by molar-refractivity contribution is 6.31. The van der Waals surface area contributed by atoms with Gasteiger partial charge in [0, 0.05) is 11.6 Å². The van der Waals surface area contributed by atoms with Crippen molar-refractivity contribution in [2.75, 3.05) is 6.54 Å². The smallest absolute Gasteiger partial charge is 0.0668 e. The number of hydrogen-bond acceptors (Lipinski definition) is 2. The quantitative estimate of drug-likeness (QED) is 0.812. The van der Waals surface area contributed by atoms with Crippen molar-refractivity contribution in [3.05, 3.63) is 34.9 Å². The molecule has 1 aromatic rings. The molecular weight excluding hydrogens is 210 g/mol. The van der Waals surface area contributed by atoms with Crippen molar-refractivity contribution in [1.29, 1.82) is 0 Å². The van der Waals surface area contributed by atoms with E-state index < -0.39 is 6.10 Å². The molecule has 0 saturated heterocycles. The van der Waals surface area contributed by atoms with E-state index in [1.54, 1.807) is 0 Å². The Kier molecular flexibility index (Phi) is 5.09. The lowest BCUT2D eigenvalue weighted by molar-refractivity contribution is 0.162. The van der Waals surface area contributed by atoms with Gasteiger partial charge in [-0.15, -0.1) is 0 Å². The first-order valence-electron chi connectivity index (χ1n) is 5.31. The van der Waals surface area contributed by atoms with E-state index in [0.29, 0.717) is 13.0 Å². The lowest BCUT2D eigenvalue weighted by atomic mass is 9.91. The van der Waals surface area contributed by atoms with E-state index in [0.717, 1.165) is 17.0 Å². The summed E-state index contributed by atoms with van der Waals surface area (Å²) in [6.45, 7) is 2.40. The standard InChI is InChI=1S/C12H18ClNO/c1-2-9(7-10(15)8-14)11-5-3-4-6-12(11)13/h3-6,9-10,15H,2,7-8,14H2,1H3. The van der Waals surface area contributed by atoms with E-state index in [9.17, 15) is 5.11 Å². The fourth-order valence-electron chi connectivity index (χ4n) is 1.74. The first-order chi connectivity index (χ1) is 7.19. The van der Waals surface area contributed by atoms with Crippen LogP contribution < -0.4 is 5.73 Å². The van der Waals surface area contributed by atoms with Gasteiger partial charge >= 0.3 is 0 Å². The monoisotopic (exact) mass is 227 g/mol. The van der Waals surface area contributed by atoms with Crippen LogP contribution in [0, 0.1) is 0 Å². The Morgan fingerprint density at radius 3 is 2.60 bits per heavy atom. The summed E-state index contributed by atoms with van der Waals surface area (Å²) in [4.78, 5) is 0. The van der Waals surface area contributed by atoms with Crippen molar-refractivity contribution in [2.24, 2.45) is 5.73 Å². The number of hydrogen-bond donors (Lipinski definition) is 2. The summed E-state index contributed by atoms with van der Waals surface area (Å²) < 4.78 is 0. The molecule has 0 bridgehead atoms. The minimum atomic E-state index is -0.439. The van der Waals surface area contributed by atoms with E-state index in [1.165, 1.54) is 0 Å². The molecule has 0 spiro atoms. The molecule has 0 aliphatic heterocycles. The molecule has 0 saturated carbocycles. The van der Waals surface area contributed by atoms with E-state index >= 15 is 0 Å². The number of halogens is 1. The molecule has 0 aliphatic rings. The van der Waals surface area contributed by atoms with Crippen LogP contribution in [0.1, 0.15) is 31.2 Å². The van der Waals surface area contributed by atoms with Gasteiger partial charge in [-0.1, -0.05) is 36.7 Å². The third kappa shape index (κ3) is 3.49. The second-order valence-corrected chi connectivity index (χ2v) is 4.16. The van der Waals surface area contributed by atoms with Gasteiger partial charge in [-0.3, -0.25) is 0 Å². The van der Waals surface area contributed by atoms with Gasteiger partial charge in [0.1, 0.15) is 0 Å². The van der Waals surface area contributed by atoms with Crippen LogP contribution in [0.2, 0.25) is 5.02 Å². The second-order valence-electron chi connectivity index (χ2n) is 3.75. The van der Waals surface area contributed by atoms with Crippen LogP contribution in [-0.4, -0.2) is 17.8 Å². The maximum atomic E-state index is 9.54. The molecule has 2 atom stereocenters. The van der Waals surface area contributed by atoms with E-state index in [-0.39, 0.29) is 5.92 Å². The number of aliphatic hydroxyl groups is 1. The number of aliphatic hydroxyl groups excluding tert-OH is 1. The Labute approximate surface area is 96.1 Å². The zero-order chi connectivity index (χ0) is 11.3. The molecule has 2 nitrogen and oxygen atoms in total. The van der Waals surface area contributed by atoms with Gasteiger partial charge in [-0.2, -0.15) is 0 Å². The van der Waals surface area contributed by atoms with Crippen LogP contribution in [0.3, 0.4) is 0 Å². The lowest BCUT2D eigenvalue weighted by Crippen LogP contribution is -2.22. The molecule has 3 heteroatoms. The van der Waals surface area contributed by atoms with E-state index in [1.807, 2.05) is 24.3 Å². The first-order valence-corrected chi connectivity index (χ1v) is 5.69. The van der Waals surface area contributed by atoms with Crippen molar-refractivity contribution < 1.29 is 5.11 Å². The van der Waals surface area contributed by atoms with Crippen molar-refractivity contribution in [1.82, 2.24) is 0 Å². The molecule has 2 unspecified atom stereocenters. The van der Waals surface area contributed by atoms with Gasteiger partial charge in [0.15, 0.2) is 0 Å². The van der Waals surface area contributed by atoms with E-state index in [2.05, 4.69) is 6.92 Å². The maximum Gasteiger partial charge on any atom is 0.0668 e. The van der Waals surface area contributed by atoms with Crippen LogP contribution >= 0.6 is 11.6 Å². The summed E-state index contributed by atoms with van der Waals surface area (Å²) >= 11 is 6.11. The summed E-state index contributed by atoms with van der Waals surface area (Å²) in [5.74, 6) is 0.289. The van der Waals surface area contributed by atoms with Crippen molar-refractivity contribution in [3.63, 3.8) is 0 Å². The minimum absolute atomic E-state index is 0.289. The zero-order valence-electron chi connectivity index (χ0n) is 8.99. The molecule has 0 aliphatic carbocycles. The number of nitrogens with two attached hydrogens (primary N) is 1. The Bertz CT molecular complexity index is 303. The molecule has 84 valence electrons. The highest BCUT2D eigenvalue weighted by Crippen LogP contribution is 2.30. The lowest BCUT2D eigenvalue weighted by Gasteiger charge is -2.19. The maximum absolute atomic E-state index is 9.54. The topological polar surface area (TPSA) is 46.2 Å². The first kappa shape index (κ1) is 12.5. The second kappa shape index (κ2) is 6.11. The molecule has 1 rings (SSSR count). The summed E-state index contributed by atoms with van der Waals surface area (Å²) in [6, 6.07) is 7.78. The van der Waals surface area contributed by atoms with Crippen LogP contribution in [0.15, 0.2) is 24.3 Å². The average molecular weight is 228 g/mol. The highest BCUT2D eigenvalue weighted by atomic mass is 35.5. The molecule has 1 aromatic carbocycles. The Balaban J connectivity index is 2.78. The molecule has 3 N–H and O–H groups in total. The van der Waals surface area contributed by atoms with Gasteiger partial charge in [0.2, 0.25) is 0 Å². The summed E-state index contributed by atoms with van der Waals surface area (Å²) in [5, 5.41) is 10.3. The van der Waals surface area contributed by atoms with Gasteiger partial charge in [0.25, 0.3) is 0 Å². The Morgan fingerprint density at radius 2 is 2.07 bits per heavy atom. The van der Waals surface area contributed by atoms with Crippen molar-refractivity contribution >= 4 is 11.6 Å². The molecule has 0 fully saturated rings. The number of benzene rings is 1. The molecule has 0 aromatic heterocycles. The molecule has 15 heavy (non-hydrogen) atoms. The number of rotatable bonds is 5. The van der Waals surface area contributed by atoms with Gasteiger partial charge in [-0.25, -0.2) is 0 Å². The van der Waals surface area contributed by atoms with Gasteiger partial charge in [-0.05, 0) is 30.4 Å². The SMILES string of the molecule is CCC(CC(O)CN)c1ccccc1Cl. The molecule has 0 heterocycles. The minimum Gasteiger partial charge on any atom is -0.392 e. The zero-order valence-corrected chi connectivity index (χ0v) is 9.74. The summed E-state index contributed by atoms with van der Waals surface area (Å²) in [6.07, 6.45) is 1.20. The third-order valence-corrected chi connectivity index (χ3v) is 3.01. The molecular formula is C12H18ClNO. The largest absolute Gasteiger partial charge is 0.392 e. The molecule has 0 radical (unpaired) electrons. The summed E-state index contributed by atoms with van der Waals surface area (Å²) in [5.41, 5.74) is 6.51. The summed E-state index contributed by atoms with van der Waals surface area (Å²) in [7, 11) is 0. The van der Waals surface area contributed by atoms with Crippen molar-refractivity contribution in [3.8, 4) is 0 Å². The Morgan fingerprint density at radius 1 is 1.40 bits per heavy atom. The third-order valence-electron chi connectivity index (χ3n) is 2.67. The molecule has 0 amide bonds. The van der Waals surface area contributed by atoms with Gasteiger partial charge < -0.3 is 10.8 Å².